The normalized spacial score (nSPS) is 15.4. The summed E-state index contributed by atoms with van der Waals surface area (Å²) in [6.45, 7) is 2.08. The van der Waals surface area contributed by atoms with Gasteiger partial charge in [-0.3, -0.25) is 10.2 Å². The Kier molecular flexibility index (Phi) is 9.61. The summed E-state index contributed by atoms with van der Waals surface area (Å²) < 4.78 is 1.98. The fourth-order valence-electron chi connectivity index (χ4n) is 5.62. The second-order valence-corrected chi connectivity index (χ2v) is 10.9. The van der Waals surface area contributed by atoms with Crippen LogP contribution in [0.4, 0.5) is 0 Å². The molecule has 1 aliphatic rings. The van der Waals surface area contributed by atoms with Crippen molar-refractivity contribution in [2.24, 2.45) is 5.73 Å². The fraction of sp³-hybridized carbons (Fsp3) is 0.333. The summed E-state index contributed by atoms with van der Waals surface area (Å²) in [6.07, 6.45) is 6.14. The maximum absolute atomic E-state index is 13.0. The number of imidazole rings is 1. The molecule has 1 amide bonds. The number of guanidine groups is 1. The molecule has 4 aromatic rings. The molecule has 6 N–H and O–H groups in total. The fourth-order valence-corrected chi connectivity index (χ4v) is 5.62. The van der Waals surface area contributed by atoms with Gasteiger partial charge in [-0.05, 0) is 80.5 Å². The molecule has 1 aliphatic heterocycles. The summed E-state index contributed by atoms with van der Waals surface area (Å²) in [5.74, 6) is 0.469. The van der Waals surface area contributed by atoms with Gasteiger partial charge in [-0.25, -0.2) is 4.98 Å². The van der Waals surface area contributed by atoms with E-state index in [2.05, 4.69) is 52.3 Å². The van der Waals surface area contributed by atoms with Gasteiger partial charge in [0.05, 0.1) is 17.1 Å². The van der Waals surface area contributed by atoms with Crippen LogP contribution in [0.3, 0.4) is 0 Å². The van der Waals surface area contributed by atoms with Crippen LogP contribution in [0.5, 0.6) is 0 Å². The minimum atomic E-state index is -0.472. The molecular formula is C33H39N7O2. The molecule has 2 atom stereocenters. The highest BCUT2D eigenvalue weighted by Gasteiger charge is 2.22. The van der Waals surface area contributed by atoms with Crippen molar-refractivity contribution >= 4 is 29.2 Å². The molecule has 9 nitrogen and oxygen atoms in total. The van der Waals surface area contributed by atoms with Gasteiger partial charge in [0.25, 0.3) is 5.91 Å². The molecule has 0 aliphatic carbocycles. The quantitative estimate of drug-likeness (QED) is 0.0720. The highest BCUT2D eigenvalue weighted by atomic mass is 16.1. The van der Waals surface area contributed by atoms with Crippen LogP contribution in [-0.2, 0) is 17.6 Å². The van der Waals surface area contributed by atoms with E-state index in [1.807, 2.05) is 34.9 Å². The van der Waals surface area contributed by atoms with Gasteiger partial charge in [-0.2, -0.15) is 0 Å². The molecule has 5 rings (SSSR count). The number of hydrogen-bond acceptors (Lipinski definition) is 5. The van der Waals surface area contributed by atoms with Crippen LogP contribution in [0, 0.1) is 5.41 Å². The van der Waals surface area contributed by atoms with Crippen LogP contribution in [0.1, 0.15) is 53.2 Å². The number of benzene rings is 3. The zero-order valence-corrected chi connectivity index (χ0v) is 23.8. The Balaban J connectivity index is 1.45. The van der Waals surface area contributed by atoms with Crippen LogP contribution in [-0.4, -0.2) is 53.4 Å². The minimum Gasteiger partial charge on any atom is -0.370 e. The summed E-state index contributed by atoms with van der Waals surface area (Å²) in [5.41, 5.74) is 10.8. The Morgan fingerprint density at radius 1 is 1.07 bits per heavy atom. The molecule has 0 radical (unpaired) electrons. The molecule has 0 bridgehead atoms. The Morgan fingerprint density at radius 3 is 2.64 bits per heavy atom. The Morgan fingerprint density at radius 2 is 1.88 bits per heavy atom. The summed E-state index contributed by atoms with van der Waals surface area (Å²) in [6, 6.07) is 24.0. The lowest BCUT2D eigenvalue weighted by atomic mass is 10.0. The van der Waals surface area contributed by atoms with Crippen molar-refractivity contribution < 1.29 is 9.59 Å². The third-order valence-electron chi connectivity index (χ3n) is 7.83. The standard InChI is InChI=1S/C33H39N7O2/c34-33(35)37-18-6-12-28(22-41)40-30-16-15-26(32(42)38-21-27-11-5-17-36-27)20-29(30)39-31(40)25-10-4-9-24(19-25)14-13-23-7-2-1-3-8-23/h1-4,7-10,15-16,19-20,22,27-28,36H,5-6,11-14,17-18,21H2,(H,38,42)(H4,34,35,37). The van der Waals surface area contributed by atoms with Crippen molar-refractivity contribution in [3.8, 4) is 11.4 Å². The van der Waals surface area contributed by atoms with E-state index in [0.717, 1.165) is 49.6 Å². The molecule has 3 aromatic carbocycles. The largest absolute Gasteiger partial charge is 0.370 e. The number of rotatable bonds is 13. The van der Waals surface area contributed by atoms with E-state index in [9.17, 15) is 9.59 Å². The van der Waals surface area contributed by atoms with Crippen molar-refractivity contribution in [3.05, 3.63) is 89.5 Å². The van der Waals surface area contributed by atoms with E-state index in [1.54, 1.807) is 6.07 Å². The van der Waals surface area contributed by atoms with Crippen molar-refractivity contribution in [1.82, 2.24) is 25.5 Å². The smallest absolute Gasteiger partial charge is 0.251 e. The van der Waals surface area contributed by atoms with Gasteiger partial charge in [0, 0.05) is 30.3 Å². The first-order valence-electron chi connectivity index (χ1n) is 14.7. The van der Waals surface area contributed by atoms with Crippen LogP contribution in [0.15, 0.2) is 72.8 Å². The van der Waals surface area contributed by atoms with E-state index in [0.29, 0.717) is 48.9 Å². The number of amides is 1. The average Bonchev–Trinajstić information content (AvgIpc) is 3.67. The number of nitrogens with one attached hydrogen (secondary N) is 4. The van der Waals surface area contributed by atoms with Gasteiger partial charge in [-0.15, -0.1) is 0 Å². The van der Waals surface area contributed by atoms with Crippen molar-refractivity contribution in [1.29, 1.82) is 5.41 Å². The van der Waals surface area contributed by atoms with E-state index in [1.165, 1.54) is 11.1 Å². The van der Waals surface area contributed by atoms with Gasteiger partial charge in [0.1, 0.15) is 12.1 Å². The number of nitrogens with two attached hydrogens (primary N) is 1. The highest BCUT2D eigenvalue weighted by Crippen LogP contribution is 2.31. The molecule has 9 heteroatoms. The maximum atomic E-state index is 13.0. The summed E-state index contributed by atoms with van der Waals surface area (Å²) in [4.78, 5) is 30.5. The molecule has 2 heterocycles. The predicted molar refractivity (Wildman–Crippen MR) is 167 cm³/mol. The van der Waals surface area contributed by atoms with Crippen LogP contribution in [0.2, 0.25) is 0 Å². The maximum Gasteiger partial charge on any atom is 0.251 e. The van der Waals surface area contributed by atoms with Gasteiger partial charge < -0.3 is 31.0 Å². The number of carbonyl (C=O) groups excluding carboxylic acids is 2. The predicted octanol–water partition coefficient (Wildman–Crippen LogP) is 3.97. The lowest BCUT2D eigenvalue weighted by Gasteiger charge is -2.17. The van der Waals surface area contributed by atoms with E-state index in [4.69, 9.17) is 16.1 Å². The first-order chi connectivity index (χ1) is 20.5. The Bertz CT molecular complexity index is 1530. The molecule has 1 aromatic heterocycles. The number of carbonyl (C=O) groups is 2. The molecule has 42 heavy (non-hydrogen) atoms. The number of aldehydes is 1. The number of fused-ring (bicyclic) bond motifs is 1. The Labute approximate surface area is 246 Å². The second-order valence-electron chi connectivity index (χ2n) is 10.9. The van der Waals surface area contributed by atoms with E-state index < -0.39 is 6.04 Å². The third kappa shape index (κ3) is 7.22. The minimum absolute atomic E-state index is 0.0896. The van der Waals surface area contributed by atoms with Crippen LogP contribution >= 0.6 is 0 Å². The van der Waals surface area contributed by atoms with E-state index >= 15 is 0 Å². The zero-order valence-electron chi connectivity index (χ0n) is 23.8. The lowest BCUT2D eigenvalue weighted by molar-refractivity contribution is -0.110. The zero-order chi connectivity index (χ0) is 29.3. The molecule has 2 unspecified atom stereocenters. The summed E-state index contributed by atoms with van der Waals surface area (Å²) >= 11 is 0. The van der Waals surface area contributed by atoms with Gasteiger partial charge in [0.2, 0.25) is 0 Å². The van der Waals surface area contributed by atoms with Gasteiger partial charge in [0.15, 0.2) is 5.96 Å². The number of aromatic nitrogens is 2. The molecule has 1 saturated heterocycles. The van der Waals surface area contributed by atoms with Crippen molar-refractivity contribution in [2.75, 3.05) is 19.6 Å². The van der Waals surface area contributed by atoms with Crippen LogP contribution in [0.25, 0.3) is 22.4 Å². The van der Waals surface area contributed by atoms with Gasteiger partial charge >= 0.3 is 0 Å². The van der Waals surface area contributed by atoms with Gasteiger partial charge in [-0.1, -0.05) is 48.5 Å². The van der Waals surface area contributed by atoms with Crippen molar-refractivity contribution in [3.63, 3.8) is 0 Å². The molecular weight excluding hydrogens is 526 g/mol. The first kappa shape index (κ1) is 29.0. The average molecular weight is 566 g/mol. The monoisotopic (exact) mass is 565 g/mol. The van der Waals surface area contributed by atoms with Crippen LogP contribution < -0.4 is 21.7 Å². The SMILES string of the molecule is N=C(N)NCCCC(C=O)n1c(-c2cccc(CCc3ccccc3)c2)nc2cc(C(=O)NCC3CCCN3)ccc21. The summed E-state index contributed by atoms with van der Waals surface area (Å²) in [5, 5.41) is 16.7. The Hall–Kier alpha value is -4.50. The molecule has 218 valence electrons. The third-order valence-corrected chi connectivity index (χ3v) is 7.83. The van der Waals surface area contributed by atoms with E-state index in [-0.39, 0.29) is 11.9 Å². The number of hydrogen-bond donors (Lipinski definition) is 5. The molecule has 1 fully saturated rings. The van der Waals surface area contributed by atoms with Crippen molar-refractivity contribution in [2.45, 2.75) is 50.6 Å². The summed E-state index contributed by atoms with van der Waals surface area (Å²) in [7, 11) is 0. The number of aryl methyl sites for hydroxylation is 2. The highest BCUT2D eigenvalue weighted by molar-refractivity contribution is 5.98. The topological polar surface area (TPSA) is 138 Å². The first-order valence-corrected chi connectivity index (χ1v) is 14.7. The number of nitrogens with zero attached hydrogens (tertiary/aromatic N) is 2. The second kappa shape index (κ2) is 13.9. The molecule has 0 saturated carbocycles. The molecule has 0 spiro atoms. The lowest BCUT2D eigenvalue weighted by Crippen LogP contribution is -2.37.